The Balaban J connectivity index is 1.63. The van der Waals surface area contributed by atoms with Crippen molar-refractivity contribution in [3.8, 4) is 0 Å². The molecule has 0 spiro atoms. The minimum absolute atomic E-state index is 0.000339. The van der Waals surface area contributed by atoms with Crippen LogP contribution in [-0.2, 0) is 12.0 Å². The topological polar surface area (TPSA) is 85.3 Å². The smallest absolute Gasteiger partial charge is 0.349 e. The molecule has 1 fully saturated rings. The van der Waals surface area contributed by atoms with Gasteiger partial charge in [0.05, 0.1) is 0 Å². The van der Waals surface area contributed by atoms with Gasteiger partial charge in [-0.3, -0.25) is 4.79 Å². The molecule has 1 aromatic heterocycles. The van der Waals surface area contributed by atoms with Crippen LogP contribution in [0.4, 0.5) is 5.69 Å². The van der Waals surface area contributed by atoms with Crippen molar-refractivity contribution in [3.63, 3.8) is 0 Å². The van der Waals surface area contributed by atoms with E-state index in [4.69, 9.17) is 10.2 Å². The van der Waals surface area contributed by atoms with Gasteiger partial charge in [-0.25, -0.2) is 4.79 Å². The van der Waals surface area contributed by atoms with Crippen molar-refractivity contribution in [3.05, 3.63) is 75.1 Å². The Morgan fingerprint density at radius 3 is 2.54 bits per heavy atom. The van der Waals surface area contributed by atoms with E-state index in [2.05, 4.69) is 12.2 Å². The summed E-state index contributed by atoms with van der Waals surface area (Å²) in [6.45, 7) is 4.08. The van der Waals surface area contributed by atoms with E-state index in [1.165, 1.54) is 0 Å². The quantitative estimate of drug-likeness (QED) is 0.652. The second-order valence-electron chi connectivity index (χ2n) is 7.66. The molecule has 3 N–H and O–H groups in total. The van der Waals surface area contributed by atoms with Gasteiger partial charge < -0.3 is 15.5 Å². The molecule has 0 unspecified atom stereocenters. The predicted octanol–water partition coefficient (Wildman–Crippen LogP) is 4.25. The zero-order valence-corrected chi connectivity index (χ0v) is 16.2. The van der Waals surface area contributed by atoms with E-state index >= 15 is 0 Å². The molecule has 3 aromatic rings. The molecule has 28 heavy (non-hydrogen) atoms. The highest BCUT2D eigenvalue weighted by atomic mass is 16.4. The highest BCUT2D eigenvalue weighted by molar-refractivity contribution is 6.05. The summed E-state index contributed by atoms with van der Waals surface area (Å²) in [4.78, 5) is 25.1. The monoisotopic (exact) mass is 376 g/mol. The molecule has 0 bridgehead atoms. The van der Waals surface area contributed by atoms with Crippen molar-refractivity contribution in [2.75, 3.05) is 5.32 Å². The molecule has 144 valence electrons. The van der Waals surface area contributed by atoms with Gasteiger partial charge in [-0.15, -0.1) is 0 Å². The van der Waals surface area contributed by atoms with E-state index in [0.717, 1.165) is 47.8 Å². The average molecular weight is 376 g/mol. The molecule has 5 heteroatoms. The van der Waals surface area contributed by atoms with Crippen LogP contribution in [0.25, 0.3) is 11.0 Å². The second-order valence-corrected chi connectivity index (χ2v) is 7.66. The number of anilines is 1. The molecule has 1 saturated carbocycles. The molecule has 4 rings (SSSR count). The van der Waals surface area contributed by atoms with E-state index in [1.807, 2.05) is 43.3 Å². The summed E-state index contributed by atoms with van der Waals surface area (Å²) < 4.78 is 5.56. The highest BCUT2D eigenvalue weighted by Crippen LogP contribution is 2.42. The van der Waals surface area contributed by atoms with Gasteiger partial charge >= 0.3 is 5.63 Å². The molecule has 1 aliphatic carbocycles. The Labute approximate surface area is 163 Å². The van der Waals surface area contributed by atoms with Crippen molar-refractivity contribution in [2.24, 2.45) is 5.73 Å². The van der Waals surface area contributed by atoms with Gasteiger partial charge in [-0.1, -0.05) is 37.6 Å². The van der Waals surface area contributed by atoms with Crippen LogP contribution in [-0.4, -0.2) is 5.91 Å². The minimum Gasteiger partial charge on any atom is -0.422 e. The van der Waals surface area contributed by atoms with Crippen LogP contribution in [0.2, 0.25) is 0 Å². The number of fused-ring (bicyclic) bond motifs is 1. The first kappa shape index (κ1) is 18.4. The number of hydrogen-bond donors (Lipinski definition) is 2. The Morgan fingerprint density at radius 1 is 1.18 bits per heavy atom. The minimum atomic E-state index is -0.622. The molecule has 1 aliphatic rings. The average Bonchev–Trinajstić information content (AvgIpc) is 3.43. The van der Waals surface area contributed by atoms with Crippen molar-refractivity contribution in [1.82, 2.24) is 0 Å². The van der Waals surface area contributed by atoms with Crippen molar-refractivity contribution >= 4 is 22.6 Å². The van der Waals surface area contributed by atoms with Crippen molar-refractivity contribution < 1.29 is 9.21 Å². The van der Waals surface area contributed by atoms with E-state index in [-0.39, 0.29) is 11.1 Å². The molecule has 2 aromatic carbocycles. The normalized spacial score (nSPS) is 14.8. The number of nitrogens with two attached hydrogens (primary N) is 1. The SMILES string of the molecule is CCCc1c(C)ccc2cc(C(=O)Nc3ccc(C4(N)CC4)cc3)c(=O)oc12. The number of carbonyl (C=O) groups excluding carboxylic acids is 1. The number of aryl methyl sites for hydroxylation is 2. The van der Waals surface area contributed by atoms with E-state index in [1.54, 1.807) is 6.07 Å². The number of rotatable bonds is 5. The maximum Gasteiger partial charge on any atom is 0.349 e. The van der Waals surface area contributed by atoms with E-state index in [0.29, 0.717) is 11.3 Å². The first-order chi connectivity index (χ1) is 13.4. The third kappa shape index (κ3) is 3.34. The van der Waals surface area contributed by atoms with Crippen LogP contribution in [0, 0.1) is 6.92 Å². The third-order valence-electron chi connectivity index (χ3n) is 5.49. The van der Waals surface area contributed by atoms with E-state index < -0.39 is 11.5 Å². The van der Waals surface area contributed by atoms with Crippen molar-refractivity contribution in [1.29, 1.82) is 0 Å². The summed E-state index contributed by atoms with van der Waals surface area (Å²) in [5.74, 6) is -0.477. The second kappa shape index (κ2) is 6.91. The van der Waals surface area contributed by atoms with Crippen LogP contribution >= 0.6 is 0 Å². The molecule has 1 amide bonds. The standard InChI is InChI=1S/C23H24N2O3/c1-3-4-18-14(2)5-6-15-13-19(22(27)28-20(15)18)21(26)25-17-9-7-16(8-10-17)23(24)11-12-23/h5-10,13H,3-4,11-12,24H2,1-2H3,(H,25,26). The largest absolute Gasteiger partial charge is 0.422 e. The lowest BCUT2D eigenvalue weighted by Gasteiger charge is -2.11. The fraction of sp³-hybridized carbons (Fsp3) is 0.304. The van der Waals surface area contributed by atoms with E-state index in [9.17, 15) is 9.59 Å². The molecule has 0 radical (unpaired) electrons. The number of carbonyl (C=O) groups is 1. The number of nitrogens with one attached hydrogen (secondary N) is 1. The molecule has 5 nitrogen and oxygen atoms in total. The lowest BCUT2D eigenvalue weighted by Crippen LogP contribution is -2.21. The van der Waals surface area contributed by atoms with Crippen LogP contribution in [0.3, 0.4) is 0 Å². The summed E-state index contributed by atoms with van der Waals surface area (Å²) in [6, 6.07) is 13.0. The van der Waals surface area contributed by atoms with Crippen LogP contribution in [0.1, 0.15) is 53.2 Å². The predicted molar refractivity (Wildman–Crippen MR) is 111 cm³/mol. The van der Waals surface area contributed by atoms with Gasteiger partial charge in [-0.2, -0.15) is 0 Å². The molecule has 0 atom stereocenters. The number of benzene rings is 2. The summed E-state index contributed by atoms with van der Waals surface area (Å²) in [6.07, 6.45) is 3.74. The molecule has 1 heterocycles. The van der Waals surface area contributed by atoms with Gasteiger partial charge in [-0.05, 0) is 61.1 Å². The summed E-state index contributed by atoms with van der Waals surface area (Å²) in [5, 5.41) is 3.53. The first-order valence-electron chi connectivity index (χ1n) is 9.68. The Bertz CT molecular complexity index is 1110. The maximum absolute atomic E-state index is 12.7. The third-order valence-corrected chi connectivity index (χ3v) is 5.49. The summed E-state index contributed by atoms with van der Waals surface area (Å²) in [7, 11) is 0. The fourth-order valence-corrected chi connectivity index (χ4v) is 3.57. The van der Waals surface area contributed by atoms with Gasteiger partial charge in [0, 0.05) is 16.6 Å². The van der Waals surface area contributed by atoms with Gasteiger partial charge in [0.1, 0.15) is 11.1 Å². The fourth-order valence-electron chi connectivity index (χ4n) is 3.57. The number of hydrogen-bond acceptors (Lipinski definition) is 4. The summed E-state index contributed by atoms with van der Waals surface area (Å²) in [5.41, 5.74) is 9.72. The van der Waals surface area contributed by atoms with Crippen LogP contribution in [0.5, 0.6) is 0 Å². The lowest BCUT2D eigenvalue weighted by molar-refractivity contribution is 0.102. The molecule has 0 aliphatic heterocycles. The van der Waals surface area contributed by atoms with Gasteiger partial charge in [0.25, 0.3) is 5.91 Å². The summed E-state index contributed by atoms with van der Waals surface area (Å²) >= 11 is 0. The highest BCUT2D eigenvalue weighted by Gasteiger charge is 2.39. The van der Waals surface area contributed by atoms with Crippen LogP contribution in [0.15, 0.2) is 51.7 Å². The molecular formula is C23H24N2O3. The maximum atomic E-state index is 12.7. The van der Waals surface area contributed by atoms with Gasteiger partial charge in [0.2, 0.25) is 0 Å². The lowest BCUT2D eigenvalue weighted by atomic mass is 10.0. The Hall–Kier alpha value is -2.92. The zero-order valence-electron chi connectivity index (χ0n) is 16.2. The Morgan fingerprint density at radius 2 is 1.89 bits per heavy atom. The Kier molecular flexibility index (Phi) is 4.55. The van der Waals surface area contributed by atoms with Crippen molar-refractivity contribution in [2.45, 2.75) is 45.1 Å². The zero-order chi connectivity index (χ0) is 19.9. The molecular weight excluding hydrogens is 352 g/mol. The molecule has 0 saturated heterocycles. The first-order valence-corrected chi connectivity index (χ1v) is 9.68. The van der Waals surface area contributed by atoms with Crippen LogP contribution < -0.4 is 16.7 Å². The number of amides is 1. The van der Waals surface area contributed by atoms with Gasteiger partial charge in [0.15, 0.2) is 0 Å².